The number of hydrogen-bond donors (Lipinski definition) is 2. The highest BCUT2D eigenvalue weighted by atomic mass is 16.5. The molecule has 0 unspecified atom stereocenters. The summed E-state index contributed by atoms with van der Waals surface area (Å²) in [5.74, 6) is -0.970. The minimum atomic E-state index is -1.09. The number of aromatic nitrogens is 2. The number of pyridine rings is 2. The summed E-state index contributed by atoms with van der Waals surface area (Å²) in [7, 11) is 1.48. The van der Waals surface area contributed by atoms with E-state index in [1.807, 2.05) is 0 Å². The fourth-order valence-electron chi connectivity index (χ4n) is 1.46. The zero-order valence-corrected chi connectivity index (χ0v) is 10.5. The highest BCUT2D eigenvalue weighted by Gasteiger charge is 2.09. The molecule has 0 aliphatic carbocycles. The Bertz CT molecular complexity index is 640. The number of carboxylic acid groups (broad SMARTS) is 1. The van der Waals surface area contributed by atoms with Gasteiger partial charge in [0, 0.05) is 18.5 Å². The van der Waals surface area contributed by atoms with Crippen molar-refractivity contribution < 1.29 is 19.4 Å². The molecule has 2 N–H and O–H groups in total. The summed E-state index contributed by atoms with van der Waals surface area (Å²) in [5, 5.41) is 11.4. The Labute approximate surface area is 114 Å². The Morgan fingerprint density at radius 3 is 2.60 bits per heavy atom. The van der Waals surface area contributed by atoms with Crippen molar-refractivity contribution in [1.29, 1.82) is 0 Å². The topological polar surface area (TPSA) is 101 Å². The number of carbonyl (C=O) groups is 2. The number of nitrogens with one attached hydrogen (secondary N) is 1. The van der Waals surface area contributed by atoms with Crippen LogP contribution in [0.1, 0.15) is 20.7 Å². The maximum absolute atomic E-state index is 11.9. The molecule has 0 spiro atoms. The second kappa shape index (κ2) is 5.79. The zero-order valence-electron chi connectivity index (χ0n) is 10.5. The Morgan fingerprint density at radius 2 is 2.00 bits per heavy atom. The summed E-state index contributed by atoms with van der Waals surface area (Å²) in [6.45, 7) is 0. The van der Waals surface area contributed by atoms with Crippen LogP contribution in [0.2, 0.25) is 0 Å². The number of carbonyl (C=O) groups excluding carboxylic acids is 1. The smallest absolute Gasteiger partial charge is 0.335 e. The van der Waals surface area contributed by atoms with E-state index in [0.717, 1.165) is 0 Å². The number of anilines is 1. The van der Waals surface area contributed by atoms with E-state index in [1.54, 1.807) is 12.1 Å². The summed E-state index contributed by atoms with van der Waals surface area (Å²) in [6.07, 6.45) is 2.67. The van der Waals surface area contributed by atoms with Crippen LogP contribution in [0.25, 0.3) is 0 Å². The van der Waals surface area contributed by atoms with Crippen molar-refractivity contribution in [2.45, 2.75) is 0 Å². The van der Waals surface area contributed by atoms with Gasteiger partial charge in [-0.3, -0.25) is 4.79 Å². The van der Waals surface area contributed by atoms with Gasteiger partial charge in [0.1, 0.15) is 5.82 Å². The first-order valence-corrected chi connectivity index (χ1v) is 5.61. The molecular weight excluding hydrogens is 262 g/mol. The van der Waals surface area contributed by atoms with Crippen molar-refractivity contribution in [1.82, 2.24) is 9.97 Å². The van der Waals surface area contributed by atoms with E-state index in [0.29, 0.717) is 11.4 Å². The van der Waals surface area contributed by atoms with E-state index in [-0.39, 0.29) is 11.4 Å². The van der Waals surface area contributed by atoms with Gasteiger partial charge in [-0.05, 0) is 18.2 Å². The maximum Gasteiger partial charge on any atom is 0.335 e. The summed E-state index contributed by atoms with van der Waals surface area (Å²) in [6, 6.07) is 5.71. The van der Waals surface area contributed by atoms with Crippen LogP contribution in [0.15, 0.2) is 36.7 Å². The molecule has 20 heavy (non-hydrogen) atoms. The Kier molecular flexibility index (Phi) is 3.90. The third-order valence-corrected chi connectivity index (χ3v) is 2.46. The van der Waals surface area contributed by atoms with Crippen LogP contribution >= 0.6 is 0 Å². The zero-order chi connectivity index (χ0) is 14.5. The Morgan fingerprint density at radius 1 is 1.20 bits per heavy atom. The fourth-order valence-corrected chi connectivity index (χ4v) is 1.46. The van der Waals surface area contributed by atoms with Crippen LogP contribution in [0.3, 0.4) is 0 Å². The van der Waals surface area contributed by atoms with E-state index in [2.05, 4.69) is 15.3 Å². The molecule has 0 aliphatic heterocycles. The molecule has 0 fully saturated rings. The first-order chi connectivity index (χ1) is 9.60. The molecule has 0 saturated carbocycles. The van der Waals surface area contributed by atoms with Gasteiger partial charge < -0.3 is 15.2 Å². The first kappa shape index (κ1) is 13.5. The van der Waals surface area contributed by atoms with Crippen LogP contribution < -0.4 is 10.1 Å². The molecule has 0 atom stereocenters. The lowest BCUT2D eigenvalue weighted by Crippen LogP contribution is -2.13. The molecule has 2 rings (SSSR count). The van der Waals surface area contributed by atoms with Gasteiger partial charge in [-0.15, -0.1) is 0 Å². The lowest BCUT2D eigenvalue weighted by molar-refractivity contribution is 0.0696. The van der Waals surface area contributed by atoms with E-state index < -0.39 is 11.9 Å². The highest BCUT2D eigenvalue weighted by molar-refractivity contribution is 6.04. The van der Waals surface area contributed by atoms with Crippen LogP contribution in [0.5, 0.6) is 5.88 Å². The normalized spacial score (nSPS) is 9.85. The third kappa shape index (κ3) is 3.08. The Balaban J connectivity index is 2.14. The molecule has 0 radical (unpaired) electrons. The minimum absolute atomic E-state index is 0.0446. The Hall–Kier alpha value is -2.96. The van der Waals surface area contributed by atoms with Gasteiger partial charge in [0.25, 0.3) is 5.91 Å². The summed E-state index contributed by atoms with van der Waals surface area (Å²) >= 11 is 0. The highest BCUT2D eigenvalue weighted by Crippen LogP contribution is 2.11. The lowest BCUT2D eigenvalue weighted by Gasteiger charge is -2.05. The quantitative estimate of drug-likeness (QED) is 0.873. The fraction of sp³-hybridized carbons (Fsp3) is 0.0769. The molecule has 0 saturated heterocycles. The molecule has 2 heterocycles. The molecule has 102 valence electrons. The van der Waals surface area contributed by atoms with E-state index in [4.69, 9.17) is 9.84 Å². The van der Waals surface area contributed by atoms with Crippen LogP contribution in [0.4, 0.5) is 5.82 Å². The SMILES string of the molecule is COc1ccc(C(=O)Nc2cc(C(=O)O)ccn2)cn1. The van der Waals surface area contributed by atoms with Crippen molar-refractivity contribution in [3.8, 4) is 5.88 Å². The number of rotatable bonds is 4. The van der Waals surface area contributed by atoms with Crippen LogP contribution in [0, 0.1) is 0 Å². The number of carboxylic acids is 1. The second-order valence-corrected chi connectivity index (χ2v) is 3.78. The third-order valence-electron chi connectivity index (χ3n) is 2.46. The molecule has 0 bridgehead atoms. The van der Waals surface area contributed by atoms with Crippen molar-refractivity contribution >= 4 is 17.7 Å². The molecule has 2 aromatic rings. The molecule has 0 aliphatic rings. The largest absolute Gasteiger partial charge is 0.481 e. The monoisotopic (exact) mass is 273 g/mol. The number of ether oxygens (including phenoxy) is 1. The van der Waals surface area contributed by atoms with Crippen molar-refractivity contribution in [2.24, 2.45) is 0 Å². The van der Waals surface area contributed by atoms with E-state index in [1.165, 1.54) is 31.6 Å². The molecule has 7 heteroatoms. The number of amides is 1. The van der Waals surface area contributed by atoms with Gasteiger partial charge >= 0.3 is 5.97 Å². The standard InChI is InChI=1S/C13H11N3O4/c1-20-11-3-2-9(7-15-11)12(17)16-10-6-8(13(18)19)4-5-14-10/h2-7H,1H3,(H,18,19)(H,14,16,17). The molecule has 7 nitrogen and oxygen atoms in total. The number of methoxy groups -OCH3 is 1. The van der Waals surface area contributed by atoms with E-state index in [9.17, 15) is 9.59 Å². The number of hydrogen-bond acceptors (Lipinski definition) is 5. The average Bonchev–Trinajstić information content (AvgIpc) is 2.47. The molecular formula is C13H11N3O4. The lowest BCUT2D eigenvalue weighted by atomic mass is 10.2. The summed E-state index contributed by atoms with van der Waals surface area (Å²) in [5.41, 5.74) is 0.358. The van der Waals surface area contributed by atoms with Gasteiger partial charge in [-0.1, -0.05) is 0 Å². The predicted molar refractivity (Wildman–Crippen MR) is 69.9 cm³/mol. The van der Waals surface area contributed by atoms with Crippen molar-refractivity contribution in [3.63, 3.8) is 0 Å². The van der Waals surface area contributed by atoms with Gasteiger partial charge in [-0.2, -0.15) is 0 Å². The van der Waals surface area contributed by atoms with Crippen molar-refractivity contribution in [2.75, 3.05) is 12.4 Å². The summed E-state index contributed by atoms with van der Waals surface area (Å²) < 4.78 is 4.89. The second-order valence-electron chi connectivity index (χ2n) is 3.78. The predicted octanol–water partition coefficient (Wildman–Crippen LogP) is 1.44. The van der Waals surface area contributed by atoms with Crippen molar-refractivity contribution in [3.05, 3.63) is 47.8 Å². The summed E-state index contributed by atoms with van der Waals surface area (Å²) in [4.78, 5) is 30.5. The number of nitrogens with zero attached hydrogens (tertiary/aromatic N) is 2. The van der Waals surface area contributed by atoms with Crippen LogP contribution in [-0.2, 0) is 0 Å². The van der Waals surface area contributed by atoms with Gasteiger partial charge in [-0.25, -0.2) is 14.8 Å². The average molecular weight is 273 g/mol. The van der Waals surface area contributed by atoms with Gasteiger partial charge in [0.15, 0.2) is 0 Å². The van der Waals surface area contributed by atoms with Crippen LogP contribution in [-0.4, -0.2) is 34.1 Å². The first-order valence-electron chi connectivity index (χ1n) is 5.61. The number of aromatic carboxylic acids is 1. The minimum Gasteiger partial charge on any atom is -0.481 e. The maximum atomic E-state index is 11.9. The van der Waals surface area contributed by atoms with E-state index >= 15 is 0 Å². The molecule has 1 amide bonds. The molecule has 2 aromatic heterocycles. The van der Waals surface area contributed by atoms with Gasteiger partial charge in [0.2, 0.25) is 5.88 Å². The van der Waals surface area contributed by atoms with Gasteiger partial charge in [0.05, 0.1) is 18.2 Å². The molecule has 0 aromatic carbocycles.